The number of benzene rings is 1. The van der Waals surface area contributed by atoms with Crippen molar-refractivity contribution in [1.82, 2.24) is 0 Å². The first-order valence-electron chi connectivity index (χ1n) is 4.31. The number of halogens is 1. The van der Waals surface area contributed by atoms with E-state index >= 15 is 0 Å². The number of hydrogen-bond donors (Lipinski definition) is 0. The van der Waals surface area contributed by atoms with E-state index in [0.717, 1.165) is 4.90 Å². The normalized spacial score (nSPS) is 9.73. The van der Waals surface area contributed by atoms with Gasteiger partial charge in [-0.2, -0.15) is 0 Å². The highest BCUT2D eigenvalue weighted by molar-refractivity contribution is 7.98. The molecule has 0 N–H and O–H groups in total. The third-order valence-corrected chi connectivity index (χ3v) is 2.46. The lowest BCUT2D eigenvalue weighted by molar-refractivity contribution is 0.105. The third-order valence-electron chi connectivity index (χ3n) is 1.56. The van der Waals surface area contributed by atoms with Crippen LogP contribution in [0, 0.1) is 0 Å². The summed E-state index contributed by atoms with van der Waals surface area (Å²) in [5.74, 6) is 0.730. The minimum Gasteiger partial charge on any atom is -0.433 e. The number of alkyl halides is 1. The summed E-state index contributed by atoms with van der Waals surface area (Å²) >= 11 is 6.97. The van der Waals surface area contributed by atoms with Crippen LogP contribution < -0.4 is 4.74 Å². The molecule has 0 spiro atoms. The number of hydrogen-bond acceptors (Lipinski definition) is 4. The van der Waals surface area contributed by atoms with Crippen LogP contribution in [-0.4, -0.2) is 24.9 Å². The number of rotatable bonds is 4. The van der Waals surface area contributed by atoms with Crippen molar-refractivity contribution in [3.05, 3.63) is 24.3 Å². The van der Waals surface area contributed by atoms with Crippen molar-refractivity contribution in [2.24, 2.45) is 0 Å². The first-order valence-corrected chi connectivity index (χ1v) is 6.07. The predicted molar refractivity (Wildman–Crippen MR) is 60.9 cm³/mol. The van der Waals surface area contributed by atoms with Crippen molar-refractivity contribution in [3.8, 4) is 5.75 Å². The molecule has 0 aliphatic rings. The highest BCUT2D eigenvalue weighted by Gasteiger charge is 2.04. The summed E-state index contributed by atoms with van der Waals surface area (Å²) in [5.41, 5.74) is 0. The smallest absolute Gasteiger partial charge is 0.433 e. The van der Waals surface area contributed by atoms with E-state index in [1.165, 1.54) is 0 Å². The number of carbonyl (C=O) groups is 1. The summed E-state index contributed by atoms with van der Waals surface area (Å²) in [4.78, 5) is 12.1. The molecule has 0 unspecified atom stereocenters. The molecule has 0 heterocycles. The fourth-order valence-electron chi connectivity index (χ4n) is 0.891. The zero-order valence-electron chi connectivity index (χ0n) is 8.23. The van der Waals surface area contributed by atoms with Crippen LogP contribution >= 0.6 is 23.4 Å². The van der Waals surface area contributed by atoms with E-state index in [1.807, 2.05) is 18.4 Å². The lowest BCUT2D eigenvalue weighted by Gasteiger charge is -2.04. The van der Waals surface area contributed by atoms with Gasteiger partial charge in [0.15, 0.2) is 0 Å². The summed E-state index contributed by atoms with van der Waals surface area (Å²) in [6.45, 7) is 0.156. The lowest BCUT2D eigenvalue weighted by atomic mass is 10.3. The maximum Gasteiger partial charge on any atom is 0.513 e. The molecule has 0 aliphatic carbocycles. The molecule has 0 fully saturated rings. The molecule has 1 aromatic carbocycles. The molecule has 0 saturated heterocycles. The van der Waals surface area contributed by atoms with Crippen LogP contribution in [-0.2, 0) is 4.74 Å². The Morgan fingerprint density at radius 3 is 2.60 bits per heavy atom. The standard InChI is InChI=1S/C10H11ClO3S/c1-15-9-4-2-8(3-5-9)14-10(12)13-7-6-11/h2-5H,6-7H2,1H3. The van der Waals surface area contributed by atoms with Crippen molar-refractivity contribution < 1.29 is 14.3 Å². The van der Waals surface area contributed by atoms with Gasteiger partial charge in [-0.15, -0.1) is 23.4 Å². The van der Waals surface area contributed by atoms with E-state index in [1.54, 1.807) is 23.9 Å². The van der Waals surface area contributed by atoms with E-state index < -0.39 is 6.16 Å². The fourth-order valence-corrected chi connectivity index (χ4v) is 1.38. The molecule has 15 heavy (non-hydrogen) atoms. The highest BCUT2D eigenvalue weighted by atomic mass is 35.5. The fraction of sp³-hybridized carbons (Fsp3) is 0.300. The Morgan fingerprint density at radius 2 is 2.07 bits per heavy atom. The average Bonchev–Trinajstić information content (AvgIpc) is 2.27. The Bertz CT molecular complexity index is 313. The molecule has 0 aromatic heterocycles. The van der Waals surface area contributed by atoms with Crippen LogP contribution in [0.4, 0.5) is 4.79 Å². The van der Waals surface area contributed by atoms with Crippen LogP contribution in [0.25, 0.3) is 0 Å². The van der Waals surface area contributed by atoms with Gasteiger partial charge in [-0.3, -0.25) is 0 Å². The molecule has 0 saturated carbocycles. The van der Waals surface area contributed by atoms with Crippen LogP contribution in [0.1, 0.15) is 0 Å². The van der Waals surface area contributed by atoms with Crippen molar-refractivity contribution in [3.63, 3.8) is 0 Å². The largest absolute Gasteiger partial charge is 0.513 e. The van der Waals surface area contributed by atoms with E-state index in [0.29, 0.717) is 5.75 Å². The monoisotopic (exact) mass is 246 g/mol. The van der Waals surface area contributed by atoms with E-state index in [2.05, 4.69) is 4.74 Å². The molecule has 82 valence electrons. The van der Waals surface area contributed by atoms with Gasteiger partial charge in [0.05, 0.1) is 5.88 Å². The Morgan fingerprint density at radius 1 is 1.40 bits per heavy atom. The topological polar surface area (TPSA) is 35.5 Å². The second-order valence-corrected chi connectivity index (χ2v) is 3.82. The molecule has 3 nitrogen and oxygen atoms in total. The zero-order valence-corrected chi connectivity index (χ0v) is 9.81. The molecule has 1 aromatic rings. The summed E-state index contributed by atoms with van der Waals surface area (Å²) in [6, 6.07) is 7.17. The van der Waals surface area contributed by atoms with Gasteiger partial charge in [-0.25, -0.2) is 4.79 Å². The Hall–Kier alpha value is -0.870. The quantitative estimate of drug-likeness (QED) is 0.354. The molecule has 0 bridgehead atoms. The summed E-state index contributed by atoms with van der Waals surface area (Å²) in [5, 5.41) is 0. The van der Waals surface area contributed by atoms with E-state index in [9.17, 15) is 4.79 Å². The number of ether oxygens (including phenoxy) is 2. The second kappa shape index (κ2) is 6.58. The van der Waals surface area contributed by atoms with Crippen molar-refractivity contribution in [1.29, 1.82) is 0 Å². The predicted octanol–water partition coefficient (Wildman–Crippen LogP) is 3.16. The molecular weight excluding hydrogens is 236 g/mol. The van der Waals surface area contributed by atoms with Crippen LogP contribution in [0.15, 0.2) is 29.2 Å². The molecule has 5 heteroatoms. The molecule has 0 radical (unpaired) electrons. The number of carbonyl (C=O) groups excluding carboxylic acids is 1. The Balaban J connectivity index is 2.46. The summed E-state index contributed by atoms with van der Waals surface area (Å²) in [7, 11) is 0. The SMILES string of the molecule is CSc1ccc(OC(=O)OCCCl)cc1. The maximum atomic E-state index is 11.0. The van der Waals surface area contributed by atoms with Gasteiger partial charge in [-0.05, 0) is 30.5 Å². The van der Waals surface area contributed by atoms with Gasteiger partial charge < -0.3 is 9.47 Å². The van der Waals surface area contributed by atoms with Crippen LogP contribution in [0.3, 0.4) is 0 Å². The maximum absolute atomic E-state index is 11.0. The molecule has 0 atom stereocenters. The molecule has 0 amide bonds. The van der Waals surface area contributed by atoms with Gasteiger partial charge in [0, 0.05) is 4.90 Å². The highest BCUT2D eigenvalue weighted by Crippen LogP contribution is 2.19. The minimum absolute atomic E-state index is 0.156. The first kappa shape index (κ1) is 12.2. The van der Waals surface area contributed by atoms with Gasteiger partial charge in [0.2, 0.25) is 0 Å². The Kier molecular flexibility index (Phi) is 5.36. The van der Waals surface area contributed by atoms with Gasteiger partial charge in [0.1, 0.15) is 12.4 Å². The molecular formula is C10H11ClO3S. The van der Waals surface area contributed by atoms with Crippen molar-refractivity contribution in [2.75, 3.05) is 18.7 Å². The minimum atomic E-state index is -0.729. The molecule has 1 rings (SSSR count). The lowest BCUT2D eigenvalue weighted by Crippen LogP contribution is -2.11. The van der Waals surface area contributed by atoms with E-state index in [4.69, 9.17) is 16.3 Å². The van der Waals surface area contributed by atoms with Crippen molar-refractivity contribution >= 4 is 29.5 Å². The summed E-state index contributed by atoms with van der Waals surface area (Å²) in [6.07, 6.45) is 1.25. The number of thioether (sulfide) groups is 1. The van der Waals surface area contributed by atoms with Gasteiger partial charge >= 0.3 is 6.16 Å². The van der Waals surface area contributed by atoms with Crippen molar-refractivity contribution in [2.45, 2.75) is 4.90 Å². The van der Waals surface area contributed by atoms with Gasteiger partial charge in [-0.1, -0.05) is 0 Å². The summed E-state index contributed by atoms with van der Waals surface area (Å²) < 4.78 is 9.54. The van der Waals surface area contributed by atoms with E-state index in [-0.39, 0.29) is 12.5 Å². The molecule has 0 aliphatic heterocycles. The zero-order chi connectivity index (χ0) is 11.1. The average molecular weight is 247 g/mol. The third kappa shape index (κ3) is 4.44. The Labute approximate surface area is 97.7 Å². The van der Waals surface area contributed by atoms with Crippen LogP contribution in [0.2, 0.25) is 0 Å². The van der Waals surface area contributed by atoms with Gasteiger partial charge in [0.25, 0.3) is 0 Å². The first-order chi connectivity index (χ1) is 7.26. The second-order valence-electron chi connectivity index (χ2n) is 2.57. The van der Waals surface area contributed by atoms with Crippen LogP contribution in [0.5, 0.6) is 5.75 Å².